The average molecular weight is 191 g/mol. The topological polar surface area (TPSA) is 40.9 Å². The molecule has 0 amide bonds. The molecule has 66 valence electrons. The number of thioether (sulfide) groups is 1. The highest BCUT2D eigenvalue weighted by Crippen LogP contribution is 2.12. The average Bonchev–Trinajstić information content (AvgIpc) is 2.18. The van der Waals surface area contributed by atoms with Crippen LogP contribution in [-0.4, -0.2) is 10.9 Å². The number of nitrogens with zero attached hydrogens (tertiary/aromatic N) is 1. The van der Waals surface area contributed by atoms with Crippen molar-refractivity contribution in [3.63, 3.8) is 0 Å². The van der Waals surface area contributed by atoms with E-state index < -0.39 is 0 Å². The maximum Gasteiger partial charge on any atom is 0.219 e. The van der Waals surface area contributed by atoms with Gasteiger partial charge >= 0.3 is 0 Å². The molecule has 0 atom stereocenters. The van der Waals surface area contributed by atoms with Gasteiger partial charge in [-0.25, -0.2) is 0 Å². The minimum absolute atomic E-state index is 0.0620. The quantitative estimate of drug-likeness (QED) is 0.721. The van der Waals surface area contributed by atoms with Gasteiger partial charge in [-0.2, -0.15) is 5.26 Å². The lowest BCUT2D eigenvalue weighted by atomic mass is 10.2. The van der Waals surface area contributed by atoms with E-state index >= 15 is 0 Å². The van der Waals surface area contributed by atoms with Gasteiger partial charge in [0.05, 0.1) is 11.6 Å². The van der Waals surface area contributed by atoms with Crippen molar-refractivity contribution in [2.75, 3.05) is 5.75 Å². The lowest BCUT2D eigenvalue weighted by Gasteiger charge is -1.97. The van der Waals surface area contributed by atoms with E-state index in [0.29, 0.717) is 11.1 Å². The molecular weight excluding hydrogens is 182 g/mol. The summed E-state index contributed by atoms with van der Waals surface area (Å²) in [4.78, 5) is 11.3. The standard InChI is InChI=1S/C10H9NOS/c1-2-13-10(12)9-5-3-8(7-11)4-6-9/h3-6H,2H2,1H3. The van der Waals surface area contributed by atoms with Crippen LogP contribution >= 0.6 is 11.8 Å². The SMILES string of the molecule is CCSC(=O)c1ccc(C#N)cc1. The molecule has 0 unspecified atom stereocenters. The van der Waals surface area contributed by atoms with E-state index in [2.05, 4.69) is 0 Å². The zero-order valence-corrected chi connectivity index (χ0v) is 8.10. The van der Waals surface area contributed by atoms with Crippen molar-refractivity contribution in [2.45, 2.75) is 6.92 Å². The van der Waals surface area contributed by atoms with Gasteiger partial charge in [0.2, 0.25) is 5.12 Å². The third-order valence-electron chi connectivity index (χ3n) is 1.53. The maximum atomic E-state index is 11.3. The van der Waals surface area contributed by atoms with Gasteiger partial charge in [-0.05, 0) is 30.0 Å². The van der Waals surface area contributed by atoms with Crippen LogP contribution in [0.4, 0.5) is 0 Å². The zero-order valence-electron chi connectivity index (χ0n) is 7.28. The molecule has 0 saturated carbocycles. The van der Waals surface area contributed by atoms with Gasteiger partial charge in [-0.1, -0.05) is 18.7 Å². The first-order valence-corrected chi connectivity index (χ1v) is 4.93. The number of hydrogen-bond donors (Lipinski definition) is 0. The molecule has 3 heteroatoms. The molecule has 0 saturated heterocycles. The van der Waals surface area contributed by atoms with E-state index in [1.54, 1.807) is 24.3 Å². The molecule has 0 radical (unpaired) electrons. The summed E-state index contributed by atoms with van der Waals surface area (Å²) in [5.41, 5.74) is 1.24. The predicted molar refractivity (Wildman–Crippen MR) is 53.6 cm³/mol. The van der Waals surface area contributed by atoms with Crippen LogP contribution < -0.4 is 0 Å². The van der Waals surface area contributed by atoms with Crippen LogP contribution in [0.1, 0.15) is 22.8 Å². The number of carbonyl (C=O) groups excluding carboxylic acids is 1. The summed E-state index contributed by atoms with van der Waals surface area (Å²) in [6, 6.07) is 8.69. The molecule has 1 rings (SSSR count). The molecular formula is C10H9NOS. The second-order valence-corrected chi connectivity index (χ2v) is 3.65. The fourth-order valence-electron chi connectivity index (χ4n) is 0.895. The Hall–Kier alpha value is -1.27. The second kappa shape index (κ2) is 4.68. The van der Waals surface area contributed by atoms with Crippen molar-refractivity contribution in [1.82, 2.24) is 0 Å². The Morgan fingerprint density at radius 3 is 2.54 bits per heavy atom. The first kappa shape index (κ1) is 9.82. The second-order valence-electron chi connectivity index (χ2n) is 2.41. The van der Waals surface area contributed by atoms with Crippen molar-refractivity contribution in [1.29, 1.82) is 5.26 Å². The van der Waals surface area contributed by atoms with Crippen LogP contribution in [0.2, 0.25) is 0 Å². The van der Waals surface area contributed by atoms with Gasteiger partial charge in [-0.3, -0.25) is 4.79 Å². The Morgan fingerprint density at radius 1 is 1.46 bits per heavy atom. The fourth-order valence-corrected chi connectivity index (χ4v) is 1.46. The first-order valence-electron chi connectivity index (χ1n) is 3.95. The van der Waals surface area contributed by atoms with Gasteiger partial charge < -0.3 is 0 Å². The summed E-state index contributed by atoms with van der Waals surface area (Å²) in [6.07, 6.45) is 0. The van der Waals surface area contributed by atoms with Gasteiger partial charge in [0, 0.05) is 5.56 Å². The molecule has 1 aromatic carbocycles. The lowest BCUT2D eigenvalue weighted by Crippen LogP contribution is -1.93. The Morgan fingerprint density at radius 2 is 2.08 bits per heavy atom. The maximum absolute atomic E-state index is 11.3. The van der Waals surface area contributed by atoms with E-state index in [1.165, 1.54) is 11.8 Å². The molecule has 0 aliphatic carbocycles. The normalized spacial score (nSPS) is 9.23. The van der Waals surface area contributed by atoms with Gasteiger partial charge in [0.15, 0.2) is 0 Å². The highest BCUT2D eigenvalue weighted by atomic mass is 32.2. The molecule has 0 aliphatic heterocycles. The predicted octanol–water partition coefficient (Wildman–Crippen LogP) is 2.45. The zero-order chi connectivity index (χ0) is 9.68. The molecule has 1 aromatic rings. The van der Waals surface area contributed by atoms with Gasteiger partial charge in [0.1, 0.15) is 0 Å². The molecule has 2 nitrogen and oxygen atoms in total. The van der Waals surface area contributed by atoms with Crippen molar-refractivity contribution < 1.29 is 4.79 Å². The van der Waals surface area contributed by atoms with E-state index in [0.717, 1.165) is 5.75 Å². The molecule has 13 heavy (non-hydrogen) atoms. The lowest BCUT2D eigenvalue weighted by molar-refractivity contribution is 0.108. The number of benzene rings is 1. The van der Waals surface area contributed by atoms with E-state index in [4.69, 9.17) is 5.26 Å². The molecule has 0 heterocycles. The summed E-state index contributed by atoms with van der Waals surface area (Å²) in [5, 5.41) is 8.59. The summed E-state index contributed by atoms with van der Waals surface area (Å²) < 4.78 is 0. The Kier molecular flexibility index (Phi) is 3.53. The summed E-state index contributed by atoms with van der Waals surface area (Å²) in [6.45, 7) is 1.94. The summed E-state index contributed by atoms with van der Waals surface area (Å²) in [7, 11) is 0. The highest BCUT2D eigenvalue weighted by molar-refractivity contribution is 8.14. The largest absolute Gasteiger partial charge is 0.282 e. The molecule has 0 aromatic heterocycles. The summed E-state index contributed by atoms with van der Waals surface area (Å²) >= 11 is 1.28. The first-order chi connectivity index (χ1) is 6.27. The van der Waals surface area contributed by atoms with Crippen LogP contribution in [0.15, 0.2) is 24.3 Å². The number of carbonyl (C=O) groups is 1. The molecule has 0 bridgehead atoms. The minimum atomic E-state index is 0.0620. The van der Waals surface area contributed by atoms with Crippen molar-refractivity contribution in [2.24, 2.45) is 0 Å². The Bertz CT molecular complexity index is 337. The van der Waals surface area contributed by atoms with Gasteiger partial charge in [-0.15, -0.1) is 0 Å². The molecule has 0 N–H and O–H groups in total. The third-order valence-corrected chi connectivity index (χ3v) is 2.31. The van der Waals surface area contributed by atoms with Crippen LogP contribution in [0, 0.1) is 11.3 Å². The van der Waals surface area contributed by atoms with Crippen LogP contribution in [-0.2, 0) is 0 Å². The Balaban J connectivity index is 2.81. The third kappa shape index (κ3) is 2.60. The number of hydrogen-bond acceptors (Lipinski definition) is 3. The summed E-state index contributed by atoms with van der Waals surface area (Å²) in [5.74, 6) is 0.777. The van der Waals surface area contributed by atoms with Crippen molar-refractivity contribution in [3.05, 3.63) is 35.4 Å². The van der Waals surface area contributed by atoms with Crippen molar-refractivity contribution in [3.8, 4) is 6.07 Å². The van der Waals surface area contributed by atoms with Crippen LogP contribution in [0.5, 0.6) is 0 Å². The highest BCUT2D eigenvalue weighted by Gasteiger charge is 2.03. The van der Waals surface area contributed by atoms with E-state index in [1.807, 2.05) is 13.0 Å². The number of rotatable bonds is 2. The van der Waals surface area contributed by atoms with E-state index in [9.17, 15) is 4.79 Å². The molecule has 0 spiro atoms. The van der Waals surface area contributed by atoms with Crippen LogP contribution in [0.25, 0.3) is 0 Å². The molecule has 0 aliphatic rings. The number of nitriles is 1. The molecule has 0 fully saturated rings. The minimum Gasteiger partial charge on any atom is -0.282 e. The monoisotopic (exact) mass is 191 g/mol. The smallest absolute Gasteiger partial charge is 0.219 e. The fraction of sp³-hybridized carbons (Fsp3) is 0.200. The van der Waals surface area contributed by atoms with E-state index in [-0.39, 0.29) is 5.12 Å². The van der Waals surface area contributed by atoms with Crippen molar-refractivity contribution >= 4 is 16.9 Å². The van der Waals surface area contributed by atoms with Gasteiger partial charge in [0.25, 0.3) is 0 Å². The van der Waals surface area contributed by atoms with Crippen LogP contribution in [0.3, 0.4) is 0 Å². The Labute approximate surface area is 81.6 Å².